The fourth-order valence-corrected chi connectivity index (χ4v) is 3.43. The topological polar surface area (TPSA) is 82.6 Å². The molecule has 0 N–H and O–H groups in total. The molecule has 31 heavy (non-hydrogen) atoms. The summed E-state index contributed by atoms with van der Waals surface area (Å²) >= 11 is 0. The number of ether oxygens (including phenoxy) is 2. The van der Waals surface area contributed by atoms with Crippen LogP contribution in [0.5, 0.6) is 5.75 Å². The second kappa shape index (κ2) is 9.51. The van der Waals surface area contributed by atoms with Crippen LogP contribution in [0.2, 0.25) is 0 Å². The lowest BCUT2D eigenvalue weighted by Gasteiger charge is -2.13. The molecule has 0 amide bonds. The first-order valence-electron chi connectivity index (χ1n) is 10.1. The maximum atomic E-state index is 12.8. The summed E-state index contributed by atoms with van der Waals surface area (Å²) in [5.41, 5.74) is 2.86. The number of benzene rings is 2. The van der Waals surface area contributed by atoms with Gasteiger partial charge in [-0.15, -0.1) is 0 Å². The number of esters is 1. The molecule has 0 aliphatic carbocycles. The van der Waals surface area contributed by atoms with Gasteiger partial charge in [-0.25, -0.2) is 9.78 Å². The Morgan fingerprint density at radius 2 is 1.55 bits per heavy atom. The number of pyridine rings is 1. The van der Waals surface area contributed by atoms with Crippen molar-refractivity contribution in [1.29, 1.82) is 0 Å². The van der Waals surface area contributed by atoms with Gasteiger partial charge in [0, 0.05) is 29.9 Å². The Hall–Kier alpha value is -3.54. The lowest BCUT2D eigenvalue weighted by atomic mass is 9.98. The van der Waals surface area contributed by atoms with Gasteiger partial charge < -0.3 is 9.47 Å². The SMILES string of the molecule is COC(=O)c1ccc(C(=O)CCC(=O)c2cc(OC)c3cccc(C(C)C)c3n2)cc1. The molecule has 0 radical (unpaired) electrons. The van der Waals surface area contributed by atoms with Crippen LogP contribution in [0.4, 0.5) is 0 Å². The van der Waals surface area contributed by atoms with Gasteiger partial charge in [-0.3, -0.25) is 9.59 Å². The summed E-state index contributed by atoms with van der Waals surface area (Å²) in [4.78, 5) is 41.4. The Labute approximate surface area is 181 Å². The smallest absolute Gasteiger partial charge is 0.337 e. The van der Waals surface area contributed by atoms with Gasteiger partial charge in [0.15, 0.2) is 11.6 Å². The number of para-hydroxylation sites is 1. The third-order valence-electron chi connectivity index (χ3n) is 5.17. The number of aromatic nitrogens is 1. The Kier molecular flexibility index (Phi) is 6.80. The van der Waals surface area contributed by atoms with E-state index in [0.29, 0.717) is 16.9 Å². The van der Waals surface area contributed by atoms with E-state index >= 15 is 0 Å². The normalized spacial score (nSPS) is 10.9. The highest BCUT2D eigenvalue weighted by Crippen LogP contribution is 2.31. The molecule has 1 aromatic heterocycles. The Bertz CT molecular complexity index is 1130. The highest BCUT2D eigenvalue weighted by atomic mass is 16.5. The van der Waals surface area contributed by atoms with Crippen molar-refractivity contribution in [3.8, 4) is 5.75 Å². The Morgan fingerprint density at radius 1 is 0.903 bits per heavy atom. The average Bonchev–Trinajstić information content (AvgIpc) is 2.80. The van der Waals surface area contributed by atoms with Crippen LogP contribution in [0.1, 0.15) is 69.4 Å². The zero-order chi connectivity index (χ0) is 22.5. The van der Waals surface area contributed by atoms with Crippen molar-refractivity contribution in [2.75, 3.05) is 14.2 Å². The average molecular weight is 419 g/mol. The summed E-state index contributed by atoms with van der Waals surface area (Å²) in [5.74, 6) is -0.0497. The van der Waals surface area contributed by atoms with E-state index in [2.05, 4.69) is 23.6 Å². The molecule has 3 aromatic rings. The number of ketones is 2. The fraction of sp³-hybridized carbons (Fsp3) is 0.280. The molecule has 1 heterocycles. The third-order valence-corrected chi connectivity index (χ3v) is 5.17. The number of Topliss-reactive ketones (excluding diaryl/α,β-unsaturated/α-hetero) is 2. The van der Waals surface area contributed by atoms with Crippen molar-refractivity contribution in [3.63, 3.8) is 0 Å². The molecule has 0 saturated carbocycles. The number of fused-ring (bicyclic) bond motifs is 1. The van der Waals surface area contributed by atoms with Crippen LogP contribution in [-0.4, -0.2) is 36.7 Å². The quantitative estimate of drug-likeness (QED) is 0.377. The number of carbonyl (C=O) groups excluding carboxylic acids is 3. The molecule has 3 rings (SSSR count). The molecule has 0 unspecified atom stereocenters. The predicted octanol–water partition coefficient (Wildman–Crippen LogP) is 5.00. The summed E-state index contributed by atoms with van der Waals surface area (Å²) < 4.78 is 10.1. The zero-order valence-corrected chi connectivity index (χ0v) is 18.1. The Balaban J connectivity index is 1.79. The third kappa shape index (κ3) is 4.79. The van der Waals surface area contributed by atoms with Crippen molar-refractivity contribution in [1.82, 2.24) is 4.98 Å². The number of hydrogen-bond acceptors (Lipinski definition) is 6. The van der Waals surface area contributed by atoms with Gasteiger partial charge in [0.25, 0.3) is 0 Å². The lowest BCUT2D eigenvalue weighted by molar-refractivity contribution is 0.0600. The zero-order valence-electron chi connectivity index (χ0n) is 18.1. The van der Waals surface area contributed by atoms with Crippen LogP contribution in [0.3, 0.4) is 0 Å². The van der Waals surface area contributed by atoms with Crippen LogP contribution in [0.25, 0.3) is 10.9 Å². The van der Waals surface area contributed by atoms with Crippen molar-refractivity contribution >= 4 is 28.4 Å². The highest BCUT2D eigenvalue weighted by molar-refractivity contribution is 6.03. The standard InChI is InChI=1S/C25H25NO5/c1-15(2)18-6-5-7-19-23(30-3)14-20(26-24(18)19)22(28)13-12-21(27)16-8-10-17(11-9-16)25(29)31-4/h5-11,14-15H,12-13H2,1-4H3. The largest absolute Gasteiger partial charge is 0.496 e. The van der Waals surface area contributed by atoms with Gasteiger partial charge in [-0.1, -0.05) is 38.1 Å². The molecule has 6 nitrogen and oxygen atoms in total. The van der Waals surface area contributed by atoms with Crippen molar-refractivity contribution < 1.29 is 23.9 Å². The van der Waals surface area contributed by atoms with Gasteiger partial charge >= 0.3 is 5.97 Å². The van der Waals surface area contributed by atoms with Gasteiger partial charge in [0.1, 0.15) is 11.4 Å². The highest BCUT2D eigenvalue weighted by Gasteiger charge is 2.17. The van der Waals surface area contributed by atoms with Gasteiger partial charge in [0.2, 0.25) is 0 Å². The van der Waals surface area contributed by atoms with E-state index in [1.807, 2.05) is 18.2 Å². The van der Waals surface area contributed by atoms with Crippen LogP contribution in [0.15, 0.2) is 48.5 Å². The molecule has 0 fully saturated rings. The number of hydrogen-bond donors (Lipinski definition) is 0. The molecule has 6 heteroatoms. The fourth-order valence-electron chi connectivity index (χ4n) is 3.43. The van der Waals surface area contributed by atoms with Crippen molar-refractivity contribution in [2.45, 2.75) is 32.6 Å². The van der Waals surface area contributed by atoms with Crippen molar-refractivity contribution in [3.05, 3.63) is 70.9 Å². The predicted molar refractivity (Wildman–Crippen MR) is 118 cm³/mol. The molecule has 160 valence electrons. The number of nitrogens with zero attached hydrogens (tertiary/aromatic N) is 1. The second-order valence-electron chi connectivity index (χ2n) is 7.52. The number of methoxy groups -OCH3 is 2. The monoisotopic (exact) mass is 419 g/mol. The lowest BCUT2D eigenvalue weighted by Crippen LogP contribution is -2.09. The van der Waals surface area contributed by atoms with Crippen molar-refractivity contribution in [2.24, 2.45) is 0 Å². The summed E-state index contributed by atoms with van der Waals surface area (Å²) in [7, 11) is 2.86. The summed E-state index contributed by atoms with van der Waals surface area (Å²) in [6.07, 6.45) is 0.0767. The first kappa shape index (κ1) is 22.2. The van der Waals surface area contributed by atoms with E-state index in [0.717, 1.165) is 16.5 Å². The van der Waals surface area contributed by atoms with E-state index in [4.69, 9.17) is 4.74 Å². The molecule has 0 aliphatic rings. The minimum absolute atomic E-state index is 0.0308. The molecule has 0 spiro atoms. The minimum Gasteiger partial charge on any atom is -0.496 e. The molecule has 0 atom stereocenters. The van der Waals surface area contributed by atoms with Crippen LogP contribution < -0.4 is 4.74 Å². The van der Waals surface area contributed by atoms with E-state index in [9.17, 15) is 14.4 Å². The minimum atomic E-state index is -0.466. The first-order valence-corrected chi connectivity index (χ1v) is 10.1. The van der Waals surface area contributed by atoms with E-state index in [1.165, 1.54) is 19.2 Å². The molecule has 2 aromatic carbocycles. The van der Waals surface area contributed by atoms with Crippen LogP contribution in [-0.2, 0) is 4.74 Å². The first-order chi connectivity index (χ1) is 14.8. The molecule has 0 aliphatic heterocycles. The molecular formula is C25H25NO5. The number of carbonyl (C=O) groups is 3. The van der Waals surface area contributed by atoms with Crippen LogP contribution >= 0.6 is 0 Å². The summed E-state index contributed by atoms with van der Waals surface area (Å²) in [6, 6.07) is 13.7. The van der Waals surface area contributed by atoms with Gasteiger partial charge in [-0.2, -0.15) is 0 Å². The van der Waals surface area contributed by atoms with E-state index < -0.39 is 5.97 Å². The second-order valence-corrected chi connectivity index (χ2v) is 7.52. The van der Waals surface area contributed by atoms with Gasteiger partial charge in [-0.05, 0) is 29.7 Å². The van der Waals surface area contributed by atoms with E-state index in [1.54, 1.807) is 25.3 Å². The van der Waals surface area contributed by atoms with Crippen LogP contribution in [0, 0.1) is 0 Å². The Morgan fingerprint density at radius 3 is 2.16 bits per heavy atom. The molecule has 0 saturated heterocycles. The summed E-state index contributed by atoms with van der Waals surface area (Å²) in [6.45, 7) is 4.14. The maximum Gasteiger partial charge on any atom is 0.337 e. The molecular weight excluding hydrogens is 394 g/mol. The maximum absolute atomic E-state index is 12.8. The molecule has 0 bridgehead atoms. The van der Waals surface area contributed by atoms with E-state index in [-0.39, 0.29) is 36.0 Å². The van der Waals surface area contributed by atoms with Gasteiger partial charge in [0.05, 0.1) is 25.3 Å². The number of rotatable bonds is 8. The summed E-state index contributed by atoms with van der Waals surface area (Å²) in [5, 5.41) is 0.854.